The monoisotopic (exact) mass is 214 g/mol. The lowest BCUT2D eigenvalue weighted by molar-refractivity contribution is 0.296. The lowest BCUT2D eigenvalue weighted by Crippen LogP contribution is -2.07. The summed E-state index contributed by atoms with van der Waals surface area (Å²) in [5.74, 6) is 0. The molecule has 1 atom stereocenters. The average molecular weight is 215 g/mol. The molecule has 0 unspecified atom stereocenters. The molecule has 0 fully saturated rings. The number of benzene rings is 1. The normalized spacial score (nSPS) is 12.9. The van der Waals surface area contributed by atoms with Gasteiger partial charge in [0.2, 0.25) is 0 Å². The summed E-state index contributed by atoms with van der Waals surface area (Å²) in [6.45, 7) is 0.189. The van der Waals surface area contributed by atoms with E-state index in [-0.39, 0.29) is 11.4 Å². The Morgan fingerprint density at radius 3 is 2.45 bits per heavy atom. The van der Waals surface area contributed by atoms with Crippen molar-refractivity contribution in [3.63, 3.8) is 0 Å². The van der Waals surface area contributed by atoms with Crippen molar-refractivity contribution in [2.75, 3.05) is 6.61 Å². The maximum absolute atomic E-state index is 8.75. The van der Waals surface area contributed by atoms with Crippen LogP contribution in [0, 0.1) is 0 Å². The zero-order valence-corrected chi connectivity index (χ0v) is 7.79. The van der Waals surface area contributed by atoms with Crippen LogP contribution in [0.25, 0.3) is 0 Å². The molecule has 0 amide bonds. The van der Waals surface area contributed by atoms with E-state index in [9.17, 15) is 0 Å². The highest BCUT2D eigenvalue weighted by Gasteiger charge is 2.01. The first-order valence-electron chi connectivity index (χ1n) is 3.62. The first-order valence-corrected chi connectivity index (χ1v) is 4.53. The molecule has 60 valence electrons. The van der Waals surface area contributed by atoms with Gasteiger partial charge in [0.05, 0.1) is 6.61 Å². The van der Waals surface area contributed by atoms with E-state index in [1.165, 1.54) is 5.56 Å². The van der Waals surface area contributed by atoms with E-state index in [0.717, 1.165) is 6.42 Å². The highest BCUT2D eigenvalue weighted by molar-refractivity contribution is 9.09. The van der Waals surface area contributed by atoms with Crippen LogP contribution in [0.3, 0.4) is 0 Å². The molecular weight excluding hydrogens is 204 g/mol. The molecule has 0 heterocycles. The van der Waals surface area contributed by atoms with Crippen LogP contribution in [0.4, 0.5) is 0 Å². The molecule has 0 aliphatic heterocycles. The molecule has 1 aromatic carbocycles. The van der Waals surface area contributed by atoms with Gasteiger partial charge in [-0.05, 0) is 12.0 Å². The zero-order valence-electron chi connectivity index (χ0n) is 6.20. The van der Waals surface area contributed by atoms with Crippen molar-refractivity contribution in [1.82, 2.24) is 0 Å². The first kappa shape index (κ1) is 8.75. The molecule has 0 aliphatic carbocycles. The highest BCUT2D eigenvalue weighted by Crippen LogP contribution is 2.08. The lowest BCUT2D eigenvalue weighted by Gasteiger charge is -2.04. The smallest absolute Gasteiger partial charge is 0.0559 e. The van der Waals surface area contributed by atoms with Gasteiger partial charge >= 0.3 is 0 Å². The van der Waals surface area contributed by atoms with E-state index in [2.05, 4.69) is 28.1 Å². The Hall–Kier alpha value is -0.340. The summed E-state index contributed by atoms with van der Waals surface area (Å²) in [6, 6.07) is 10.1. The number of halogens is 1. The van der Waals surface area contributed by atoms with Gasteiger partial charge < -0.3 is 5.11 Å². The Bertz CT molecular complexity index is 198. The van der Waals surface area contributed by atoms with Crippen molar-refractivity contribution in [2.24, 2.45) is 0 Å². The quantitative estimate of drug-likeness (QED) is 0.764. The topological polar surface area (TPSA) is 20.2 Å². The van der Waals surface area contributed by atoms with Crippen LogP contribution >= 0.6 is 15.9 Å². The van der Waals surface area contributed by atoms with E-state index in [0.29, 0.717) is 0 Å². The second kappa shape index (κ2) is 4.52. The predicted octanol–water partition coefficient (Wildman–Crippen LogP) is 1.98. The van der Waals surface area contributed by atoms with E-state index in [1.54, 1.807) is 0 Å². The minimum Gasteiger partial charge on any atom is -0.395 e. The maximum atomic E-state index is 8.75. The van der Waals surface area contributed by atoms with Crippen LogP contribution in [-0.2, 0) is 6.42 Å². The third-order valence-corrected chi connectivity index (χ3v) is 2.11. The maximum Gasteiger partial charge on any atom is 0.0559 e. The Labute approximate surface area is 75.2 Å². The number of hydrogen-bond donors (Lipinski definition) is 1. The van der Waals surface area contributed by atoms with E-state index < -0.39 is 0 Å². The number of alkyl halides is 1. The van der Waals surface area contributed by atoms with Gasteiger partial charge in [0.15, 0.2) is 0 Å². The second-order valence-electron chi connectivity index (χ2n) is 2.47. The molecule has 1 nitrogen and oxygen atoms in total. The van der Waals surface area contributed by atoms with Crippen molar-refractivity contribution >= 4 is 15.9 Å². The summed E-state index contributed by atoms with van der Waals surface area (Å²) in [5, 5.41) is 8.75. The lowest BCUT2D eigenvalue weighted by atomic mass is 10.1. The van der Waals surface area contributed by atoms with Crippen molar-refractivity contribution in [1.29, 1.82) is 0 Å². The number of rotatable bonds is 3. The van der Waals surface area contributed by atoms with Gasteiger partial charge in [-0.2, -0.15) is 0 Å². The molecule has 0 radical (unpaired) electrons. The molecule has 0 spiro atoms. The molecular formula is C9H11BrO. The molecule has 0 bridgehead atoms. The Kier molecular flexibility index (Phi) is 3.60. The van der Waals surface area contributed by atoms with Gasteiger partial charge in [-0.15, -0.1) is 0 Å². The van der Waals surface area contributed by atoms with Gasteiger partial charge in [-0.3, -0.25) is 0 Å². The van der Waals surface area contributed by atoms with Crippen LogP contribution < -0.4 is 0 Å². The minimum absolute atomic E-state index is 0.185. The summed E-state index contributed by atoms with van der Waals surface area (Å²) in [5.41, 5.74) is 1.25. The van der Waals surface area contributed by atoms with Crippen molar-refractivity contribution in [2.45, 2.75) is 11.2 Å². The summed E-state index contributed by atoms with van der Waals surface area (Å²) in [4.78, 5) is 0.185. The van der Waals surface area contributed by atoms with Gasteiger partial charge in [-0.25, -0.2) is 0 Å². The fourth-order valence-corrected chi connectivity index (χ4v) is 1.31. The first-order chi connectivity index (χ1) is 5.33. The zero-order chi connectivity index (χ0) is 8.10. The number of aliphatic hydroxyl groups excluding tert-OH is 1. The fraction of sp³-hybridized carbons (Fsp3) is 0.333. The molecule has 1 N–H and O–H groups in total. The van der Waals surface area contributed by atoms with Crippen molar-refractivity contribution in [3.8, 4) is 0 Å². The largest absolute Gasteiger partial charge is 0.395 e. The predicted molar refractivity (Wildman–Crippen MR) is 49.9 cm³/mol. The Morgan fingerprint density at radius 1 is 1.27 bits per heavy atom. The molecule has 0 aromatic heterocycles. The summed E-state index contributed by atoms with van der Waals surface area (Å²) >= 11 is 3.36. The van der Waals surface area contributed by atoms with E-state index >= 15 is 0 Å². The van der Waals surface area contributed by atoms with Gasteiger partial charge in [0.25, 0.3) is 0 Å². The third-order valence-electron chi connectivity index (χ3n) is 1.50. The van der Waals surface area contributed by atoms with Crippen LogP contribution in [0.15, 0.2) is 30.3 Å². The van der Waals surface area contributed by atoms with Gasteiger partial charge in [0, 0.05) is 4.83 Å². The standard InChI is InChI=1S/C9H11BrO/c10-9(7-11)6-8-4-2-1-3-5-8/h1-5,9,11H,6-7H2/t9-/m1/s1. The van der Waals surface area contributed by atoms with E-state index in [4.69, 9.17) is 5.11 Å². The number of hydrogen-bond acceptors (Lipinski definition) is 1. The minimum atomic E-state index is 0.185. The molecule has 1 rings (SSSR count). The third kappa shape index (κ3) is 3.04. The SMILES string of the molecule is OC[C@H](Br)Cc1ccccc1. The van der Waals surface area contributed by atoms with Crippen LogP contribution in [0.5, 0.6) is 0 Å². The van der Waals surface area contributed by atoms with Crippen molar-refractivity contribution < 1.29 is 5.11 Å². The van der Waals surface area contributed by atoms with Crippen LogP contribution in [0.1, 0.15) is 5.56 Å². The molecule has 11 heavy (non-hydrogen) atoms. The summed E-state index contributed by atoms with van der Waals surface area (Å²) in [6.07, 6.45) is 0.886. The molecule has 0 saturated heterocycles. The summed E-state index contributed by atoms with van der Waals surface area (Å²) in [7, 11) is 0. The second-order valence-corrected chi connectivity index (χ2v) is 3.76. The summed E-state index contributed by atoms with van der Waals surface area (Å²) < 4.78 is 0. The fourth-order valence-electron chi connectivity index (χ4n) is 0.934. The van der Waals surface area contributed by atoms with Crippen LogP contribution in [-0.4, -0.2) is 16.5 Å². The van der Waals surface area contributed by atoms with Crippen molar-refractivity contribution in [3.05, 3.63) is 35.9 Å². The Morgan fingerprint density at radius 2 is 1.91 bits per heavy atom. The molecule has 2 heteroatoms. The highest BCUT2D eigenvalue weighted by atomic mass is 79.9. The molecule has 0 saturated carbocycles. The van der Waals surface area contributed by atoms with Gasteiger partial charge in [0.1, 0.15) is 0 Å². The molecule has 1 aromatic rings. The number of aliphatic hydroxyl groups is 1. The average Bonchev–Trinajstić information content (AvgIpc) is 2.06. The van der Waals surface area contributed by atoms with Crippen LogP contribution in [0.2, 0.25) is 0 Å². The van der Waals surface area contributed by atoms with Gasteiger partial charge in [-0.1, -0.05) is 46.3 Å². The Balaban J connectivity index is 2.51. The molecule has 0 aliphatic rings. The van der Waals surface area contributed by atoms with E-state index in [1.807, 2.05) is 18.2 Å².